The maximum atomic E-state index is 12.0. The molecule has 1 saturated carbocycles. The lowest BCUT2D eigenvalue weighted by Crippen LogP contribution is -2.45. The molecule has 1 aromatic heterocycles. The van der Waals surface area contributed by atoms with Gasteiger partial charge in [0.25, 0.3) is 5.91 Å². The van der Waals surface area contributed by atoms with Gasteiger partial charge < -0.3 is 10.1 Å². The monoisotopic (exact) mass is 365 g/mol. The van der Waals surface area contributed by atoms with E-state index in [-0.39, 0.29) is 37.2 Å². The molecule has 0 unspecified atom stereocenters. The third-order valence-corrected chi connectivity index (χ3v) is 6.03. The Balaban J connectivity index is 1.67. The van der Waals surface area contributed by atoms with E-state index in [2.05, 4.69) is 19.2 Å². The first-order valence-electron chi connectivity index (χ1n) is 8.91. The van der Waals surface area contributed by atoms with Gasteiger partial charge in [-0.05, 0) is 37.3 Å². The molecule has 1 fully saturated rings. The van der Waals surface area contributed by atoms with Crippen molar-refractivity contribution in [3.63, 3.8) is 0 Å². The Morgan fingerprint density at radius 3 is 2.64 bits per heavy atom. The Bertz CT molecular complexity index is 625. The molecule has 3 atom stereocenters. The van der Waals surface area contributed by atoms with Crippen molar-refractivity contribution in [2.45, 2.75) is 58.9 Å². The zero-order valence-corrected chi connectivity index (χ0v) is 16.0. The average molecular weight is 365 g/mol. The second-order valence-corrected chi connectivity index (χ2v) is 8.22. The number of carbonyl (C=O) groups excluding carboxylic acids is 3. The summed E-state index contributed by atoms with van der Waals surface area (Å²) >= 11 is 1.42. The summed E-state index contributed by atoms with van der Waals surface area (Å²) in [5.74, 6) is 0.180. The van der Waals surface area contributed by atoms with Gasteiger partial charge in [-0.25, -0.2) is 0 Å². The molecule has 0 aliphatic heterocycles. The largest absolute Gasteiger partial charge is 0.456 e. The van der Waals surface area contributed by atoms with E-state index in [0.29, 0.717) is 16.7 Å². The van der Waals surface area contributed by atoms with Crippen LogP contribution in [0.5, 0.6) is 0 Å². The molecule has 1 aromatic rings. The zero-order valence-electron chi connectivity index (χ0n) is 15.2. The number of rotatable bonds is 7. The van der Waals surface area contributed by atoms with E-state index < -0.39 is 5.97 Å². The number of nitrogens with one attached hydrogen (secondary N) is 1. The highest BCUT2D eigenvalue weighted by molar-refractivity contribution is 7.14. The lowest BCUT2D eigenvalue weighted by atomic mass is 9.78. The van der Waals surface area contributed by atoms with E-state index in [4.69, 9.17) is 4.74 Å². The van der Waals surface area contributed by atoms with Gasteiger partial charge in [0.15, 0.2) is 12.4 Å². The summed E-state index contributed by atoms with van der Waals surface area (Å²) in [7, 11) is 0. The zero-order chi connectivity index (χ0) is 18.4. The highest BCUT2D eigenvalue weighted by Gasteiger charge is 2.28. The van der Waals surface area contributed by atoms with Crippen LogP contribution in [-0.4, -0.2) is 30.3 Å². The first-order valence-corrected chi connectivity index (χ1v) is 9.73. The molecule has 0 spiro atoms. The van der Waals surface area contributed by atoms with Gasteiger partial charge in [0.05, 0.1) is 11.3 Å². The van der Waals surface area contributed by atoms with Gasteiger partial charge >= 0.3 is 5.97 Å². The highest BCUT2D eigenvalue weighted by Crippen LogP contribution is 2.29. The van der Waals surface area contributed by atoms with E-state index in [1.807, 2.05) is 13.0 Å². The summed E-state index contributed by atoms with van der Waals surface area (Å²) in [5.41, 5.74) is 0. The molecule has 138 valence electrons. The molecule has 6 heteroatoms. The fraction of sp³-hybridized carbons (Fsp3) is 0.632. The minimum absolute atomic E-state index is 0.0000730. The van der Waals surface area contributed by atoms with Crippen LogP contribution in [-0.2, 0) is 14.3 Å². The molecule has 0 bridgehead atoms. The number of Topliss-reactive ketones (excluding diaryl/α,β-unsaturated/α-hetero) is 1. The van der Waals surface area contributed by atoms with Gasteiger partial charge in [-0.3, -0.25) is 14.4 Å². The summed E-state index contributed by atoms with van der Waals surface area (Å²) in [5, 5.41) is 2.97. The van der Waals surface area contributed by atoms with Gasteiger partial charge in [0.2, 0.25) is 0 Å². The molecule has 1 amide bonds. The van der Waals surface area contributed by atoms with Gasteiger partial charge in [0.1, 0.15) is 0 Å². The number of carbonyl (C=O) groups is 3. The predicted molar refractivity (Wildman–Crippen MR) is 97.7 cm³/mol. The Hall–Kier alpha value is -1.69. The molecule has 1 aliphatic carbocycles. The normalized spacial score (nSPS) is 23.1. The number of hydrogen-bond donors (Lipinski definition) is 1. The van der Waals surface area contributed by atoms with E-state index >= 15 is 0 Å². The van der Waals surface area contributed by atoms with Crippen LogP contribution in [0.2, 0.25) is 0 Å². The van der Waals surface area contributed by atoms with Crippen molar-refractivity contribution in [1.29, 1.82) is 0 Å². The molecule has 0 aromatic carbocycles. The SMILES string of the molecule is Cc1ccc(C(=O)CCC(=O)OCC(=O)N[C@H]2CCC[C@@H](C)[C@@H]2C)s1. The summed E-state index contributed by atoms with van der Waals surface area (Å²) in [4.78, 5) is 37.4. The number of hydrogen-bond acceptors (Lipinski definition) is 5. The molecular formula is C19H27NO4S. The first kappa shape index (κ1) is 19.6. The Labute approximate surface area is 153 Å². The topological polar surface area (TPSA) is 72.5 Å². The van der Waals surface area contributed by atoms with Crippen molar-refractivity contribution in [2.24, 2.45) is 11.8 Å². The van der Waals surface area contributed by atoms with Crippen molar-refractivity contribution in [2.75, 3.05) is 6.61 Å². The van der Waals surface area contributed by atoms with Crippen molar-refractivity contribution in [3.8, 4) is 0 Å². The molecule has 1 aliphatic rings. The minimum Gasteiger partial charge on any atom is -0.456 e. The van der Waals surface area contributed by atoms with E-state index in [9.17, 15) is 14.4 Å². The molecule has 5 nitrogen and oxygen atoms in total. The van der Waals surface area contributed by atoms with E-state index in [0.717, 1.165) is 17.7 Å². The van der Waals surface area contributed by atoms with Gasteiger partial charge in [0, 0.05) is 17.3 Å². The lowest BCUT2D eigenvalue weighted by Gasteiger charge is -2.34. The van der Waals surface area contributed by atoms with Gasteiger partial charge in [-0.15, -0.1) is 11.3 Å². The van der Waals surface area contributed by atoms with Crippen LogP contribution in [0.15, 0.2) is 12.1 Å². The third-order valence-electron chi connectivity index (χ3n) is 4.99. The third kappa shape index (κ3) is 5.96. The summed E-state index contributed by atoms with van der Waals surface area (Å²) in [6.45, 7) is 6.01. The Morgan fingerprint density at radius 2 is 1.96 bits per heavy atom. The quantitative estimate of drug-likeness (QED) is 0.593. The highest BCUT2D eigenvalue weighted by atomic mass is 32.1. The predicted octanol–water partition coefficient (Wildman–Crippen LogP) is 3.50. The smallest absolute Gasteiger partial charge is 0.306 e. The molecule has 0 radical (unpaired) electrons. The number of aryl methyl sites for hydroxylation is 1. The number of thiophene rings is 1. The molecule has 25 heavy (non-hydrogen) atoms. The number of ketones is 1. The standard InChI is InChI=1S/C19H27NO4S/c1-12-5-4-6-15(14(12)3)20-18(22)11-24-19(23)10-8-16(21)17-9-7-13(2)25-17/h7,9,12,14-15H,4-6,8,10-11H2,1-3H3,(H,20,22)/t12-,14+,15+/m1/s1. The van der Waals surface area contributed by atoms with Crippen molar-refractivity contribution >= 4 is 29.0 Å². The lowest BCUT2D eigenvalue weighted by molar-refractivity contribution is -0.148. The van der Waals surface area contributed by atoms with Crippen LogP contribution in [0.4, 0.5) is 0 Å². The second kappa shape index (κ2) is 9.13. The molecule has 1 N–H and O–H groups in total. The molecular weight excluding hydrogens is 338 g/mol. The maximum Gasteiger partial charge on any atom is 0.306 e. The first-order chi connectivity index (χ1) is 11.9. The number of esters is 1. The fourth-order valence-electron chi connectivity index (χ4n) is 3.18. The minimum atomic E-state index is -0.512. The van der Waals surface area contributed by atoms with Crippen LogP contribution in [0.3, 0.4) is 0 Å². The van der Waals surface area contributed by atoms with Gasteiger partial charge in [-0.2, -0.15) is 0 Å². The van der Waals surface area contributed by atoms with Crippen LogP contribution in [0.25, 0.3) is 0 Å². The van der Waals surface area contributed by atoms with Crippen LogP contribution < -0.4 is 5.32 Å². The van der Waals surface area contributed by atoms with Gasteiger partial charge in [-0.1, -0.05) is 26.7 Å². The van der Waals surface area contributed by atoms with E-state index in [1.165, 1.54) is 17.8 Å². The van der Waals surface area contributed by atoms with Crippen LogP contribution in [0, 0.1) is 18.8 Å². The average Bonchev–Trinajstić information content (AvgIpc) is 3.01. The summed E-state index contributed by atoms with van der Waals surface area (Å²) in [6.07, 6.45) is 3.39. The molecule has 1 heterocycles. The molecule has 2 rings (SSSR count). The fourth-order valence-corrected chi connectivity index (χ4v) is 4.01. The summed E-state index contributed by atoms with van der Waals surface area (Å²) < 4.78 is 5.00. The summed E-state index contributed by atoms with van der Waals surface area (Å²) in [6, 6.07) is 3.81. The van der Waals surface area contributed by atoms with E-state index in [1.54, 1.807) is 6.07 Å². The van der Waals surface area contributed by atoms with Crippen LogP contribution in [0.1, 0.15) is 60.5 Å². The Kier molecular flexibility index (Phi) is 7.17. The maximum absolute atomic E-state index is 12.0. The molecule has 0 saturated heterocycles. The van der Waals surface area contributed by atoms with Crippen molar-refractivity contribution in [1.82, 2.24) is 5.32 Å². The van der Waals surface area contributed by atoms with Crippen molar-refractivity contribution in [3.05, 3.63) is 21.9 Å². The second-order valence-electron chi connectivity index (χ2n) is 6.94. The van der Waals surface area contributed by atoms with Crippen LogP contribution >= 0.6 is 11.3 Å². The number of ether oxygens (including phenoxy) is 1. The Morgan fingerprint density at radius 1 is 1.20 bits per heavy atom. The number of amides is 1. The van der Waals surface area contributed by atoms with Crippen molar-refractivity contribution < 1.29 is 19.1 Å².